The number of rotatable bonds is 4. The number of benzene rings is 2. The van der Waals surface area contributed by atoms with Crippen LogP contribution in [0.3, 0.4) is 0 Å². The molecule has 0 bridgehead atoms. The SMILES string of the molecule is CSc1ccccc1C(N)Cc1c(F)cccc1Cl. The summed E-state index contributed by atoms with van der Waals surface area (Å²) in [4.78, 5) is 1.11. The molecule has 19 heavy (non-hydrogen) atoms. The molecular formula is C15H15ClFNS. The van der Waals surface area contributed by atoms with Crippen LogP contribution in [0.2, 0.25) is 5.02 Å². The third-order valence-corrected chi connectivity index (χ3v) is 4.19. The third-order valence-electron chi connectivity index (χ3n) is 3.02. The zero-order chi connectivity index (χ0) is 13.8. The molecular weight excluding hydrogens is 281 g/mol. The van der Waals surface area contributed by atoms with E-state index < -0.39 is 0 Å². The van der Waals surface area contributed by atoms with Gasteiger partial charge in [0.1, 0.15) is 5.82 Å². The van der Waals surface area contributed by atoms with Gasteiger partial charge in [-0.25, -0.2) is 4.39 Å². The van der Waals surface area contributed by atoms with E-state index in [-0.39, 0.29) is 11.9 Å². The monoisotopic (exact) mass is 295 g/mol. The van der Waals surface area contributed by atoms with Gasteiger partial charge < -0.3 is 5.73 Å². The van der Waals surface area contributed by atoms with Crippen molar-refractivity contribution in [3.8, 4) is 0 Å². The Labute approximate surface area is 122 Å². The summed E-state index contributed by atoms with van der Waals surface area (Å²) < 4.78 is 13.8. The standard InChI is InChI=1S/C15H15ClFNS/c1-19-15-8-3-2-5-10(15)14(18)9-11-12(16)6-4-7-13(11)17/h2-8,14H,9,18H2,1H3. The number of hydrogen-bond donors (Lipinski definition) is 1. The van der Waals surface area contributed by atoms with Crippen molar-refractivity contribution in [3.05, 3.63) is 64.4 Å². The highest BCUT2D eigenvalue weighted by molar-refractivity contribution is 7.98. The van der Waals surface area contributed by atoms with Gasteiger partial charge in [0.15, 0.2) is 0 Å². The molecule has 0 fully saturated rings. The van der Waals surface area contributed by atoms with Crippen molar-refractivity contribution in [1.29, 1.82) is 0 Å². The van der Waals surface area contributed by atoms with Crippen molar-refractivity contribution in [2.45, 2.75) is 17.4 Å². The highest BCUT2D eigenvalue weighted by Crippen LogP contribution is 2.29. The first-order chi connectivity index (χ1) is 9.13. The zero-order valence-electron chi connectivity index (χ0n) is 10.6. The van der Waals surface area contributed by atoms with Gasteiger partial charge in [-0.3, -0.25) is 0 Å². The fourth-order valence-corrected chi connectivity index (χ4v) is 2.94. The van der Waals surface area contributed by atoms with Crippen molar-refractivity contribution in [2.24, 2.45) is 5.73 Å². The van der Waals surface area contributed by atoms with E-state index in [2.05, 4.69) is 0 Å². The van der Waals surface area contributed by atoms with Crippen LogP contribution >= 0.6 is 23.4 Å². The molecule has 2 rings (SSSR count). The molecule has 4 heteroatoms. The molecule has 0 heterocycles. The summed E-state index contributed by atoms with van der Waals surface area (Å²) in [6.45, 7) is 0. The highest BCUT2D eigenvalue weighted by atomic mass is 35.5. The maximum atomic E-state index is 13.8. The van der Waals surface area contributed by atoms with E-state index in [0.717, 1.165) is 10.5 Å². The van der Waals surface area contributed by atoms with Crippen LogP contribution in [0.25, 0.3) is 0 Å². The average Bonchev–Trinajstić information content (AvgIpc) is 2.42. The lowest BCUT2D eigenvalue weighted by atomic mass is 9.99. The van der Waals surface area contributed by atoms with E-state index in [4.69, 9.17) is 17.3 Å². The Kier molecular flexibility index (Phi) is 4.86. The molecule has 0 aliphatic rings. The van der Waals surface area contributed by atoms with Crippen LogP contribution in [0.4, 0.5) is 4.39 Å². The van der Waals surface area contributed by atoms with Crippen molar-refractivity contribution >= 4 is 23.4 Å². The molecule has 0 aromatic heterocycles. The molecule has 2 aromatic carbocycles. The van der Waals surface area contributed by atoms with Crippen molar-refractivity contribution < 1.29 is 4.39 Å². The van der Waals surface area contributed by atoms with Gasteiger partial charge in [-0.2, -0.15) is 0 Å². The van der Waals surface area contributed by atoms with Crippen LogP contribution in [-0.4, -0.2) is 6.26 Å². The van der Waals surface area contributed by atoms with Crippen LogP contribution in [-0.2, 0) is 6.42 Å². The minimum absolute atomic E-state index is 0.266. The molecule has 0 saturated heterocycles. The fraction of sp³-hybridized carbons (Fsp3) is 0.200. The lowest BCUT2D eigenvalue weighted by Crippen LogP contribution is -2.15. The number of thioether (sulfide) groups is 1. The first-order valence-electron chi connectivity index (χ1n) is 5.95. The van der Waals surface area contributed by atoms with Crippen molar-refractivity contribution in [2.75, 3.05) is 6.26 Å². The van der Waals surface area contributed by atoms with Crippen LogP contribution < -0.4 is 5.73 Å². The van der Waals surface area contributed by atoms with Crippen molar-refractivity contribution in [1.82, 2.24) is 0 Å². The van der Waals surface area contributed by atoms with Crippen LogP contribution in [0.5, 0.6) is 0 Å². The Hall–Kier alpha value is -1.03. The van der Waals surface area contributed by atoms with Crippen molar-refractivity contribution in [3.63, 3.8) is 0 Å². The molecule has 1 atom stereocenters. The van der Waals surface area contributed by atoms with Gasteiger partial charge in [0.05, 0.1) is 0 Å². The van der Waals surface area contributed by atoms with E-state index in [9.17, 15) is 4.39 Å². The Morgan fingerprint density at radius 1 is 1.21 bits per heavy atom. The van der Waals surface area contributed by atoms with E-state index in [1.54, 1.807) is 23.9 Å². The summed E-state index contributed by atoms with van der Waals surface area (Å²) in [5.41, 5.74) is 7.70. The molecule has 0 aliphatic heterocycles. The molecule has 100 valence electrons. The lowest BCUT2D eigenvalue weighted by Gasteiger charge is -2.16. The molecule has 1 unspecified atom stereocenters. The number of hydrogen-bond acceptors (Lipinski definition) is 2. The second-order valence-electron chi connectivity index (χ2n) is 4.25. The molecule has 2 aromatic rings. The largest absolute Gasteiger partial charge is 0.324 e. The minimum atomic E-state index is -0.301. The maximum absolute atomic E-state index is 13.8. The minimum Gasteiger partial charge on any atom is -0.324 e. The Balaban J connectivity index is 2.28. The maximum Gasteiger partial charge on any atom is 0.127 e. The lowest BCUT2D eigenvalue weighted by molar-refractivity contribution is 0.591. The summed E-state index contributed by atoms with van der Waals surface area (Å²) in [6, 6.07) is 12.3. The topological polar surface area (TPSA) is 26.0 Å². The predicted molar refractivity (Wildman–Crippen MR) is 80.3 cm³/mol. The molecule has 0 saturated carbocycles. The van der Waals surface area contributed by atoms with Gasteiger partial charge in [-0.1, -0.05) is 35.9 Å². The van der Waals surface area contributed by atoms with Crippen LogP contribution in [0.1, 0.15) is 17.2 Å². The van der Waals surface area contributed by atoms with Gasteiger partial charge in [-0.15, -0.1) is 11.8 Å². The summed E-state index contributed by atoms with van der Waals surface area (Å²) in [7, 11) is 0. The fourth-order valence-electron chi connectivity index (χ4n) is 2.03. The van der Waals surface area contributed by atoms with Gasteiger partial charge >= 0.3 is 0 Å². The second kappa shape index (κ2) is 6.42. The Morgan fingerprint density at radius 3 is 2.63 bits per heavy atom. The summed E-state index contributed by atoms with van der Waals surface area (Å²) >= 11 is 7.67. The first kappa shape index (κ1) is 14.4. The normalized spacial score (nSPS) is 12.4. The highest BCUT2D eigenvalue weighted by Gasteiger charge is 2.15. The van der Waals surface area contributed by atoms with Gasteiger partial charge in [0.2, 0.25) is 0 Å². The van der Waals surface area contributed by atoms with E-state index in [0.29, 0.717) is 17.0 Å². The smallest absolute Gasteiger partial charge is 0.127 e. The number of nitrogens with two attached hydrogens (primary N) is 1. The third kappa shape index (κ3) is 3.30. The van der Waals surface area contributed by atoms with Gasteiger partial charge in [-0.05, 0) is 36.4 Å². The zero-order valence-corrected chi connectivity index (χ0v) is 12.1. The van der Waals surface area contributed by atoms with Gasteiger partial charge in [0.25, 0.3) is 0 Å². The van der Waals surface area contributed by atoms with E-state index in [1.807, 2.05) is 30.5 Å². The molecule has 0 amide bonds. The molecule has 0 radical (unpaired) electrons. The van der Waals surface area contributed by atoms with E-state index in [1.165, 1.54) is 6.07 Å². The Morgan fingerprint density at radius 2 is 1.95 bits per heavy atom. The average molecular weight is 296 g/mol. The predicted octanol–water partition coefficient (Wildman–Crippen LogP) is 4.44. The summed E-state index contributed by atoms with van der Waals surface area (Å²) in [6.07, 6.45) is 2.39. The quantitative estimate of drug-likeness (QED) is 0.844. The molecule has 2 N–H and O–H groups in total. The molecule has 1 nitrogen and oxygen atoms in total. The summed E-state index contributed by atoms with van der Waals surface area (Å²) in [5.74, 6) is -0.301. The van der Waals surface area contributed by atoms with E-state index >= 15 is 0 Å². The van der Waals surface area contributed by atoms with Gasteiger partial charge in [0, 0.05) is 21.5 Å². The van der Waals surface area contributed by atoms with Crippen LogP contribution in [0.15, 0.2) is 47.4 Å². The molecule has 0 aliphatic carbocycles. The number of halogens is 2. The van der Waals surface area contributed by atoms with Crippen LogP contribution in [0, 0.1) is 5.82 Å². The first-order valence-corrected chi connectivity index (χ1v) is 7.55. The molecule has 0 spiro atoms. The second-order valence-corrected chi connectivity index (χ2v) is 5.51. The Bertz CT molecular complexity index is 554. The summed E-state index contributed by atoms with van der Waals surface area (Å²) in [5, 5.41) is 0.428.